The monoisotopic (exact) mass is 296 g/mol. The molecule has 4 heteroatoms. The van der Waals surface area contributed by atoms with Crippen molar-refractivity contribution in [1.29, 1.82) is 5.26 Å². The molecule has 106 valence electrons. The van der Waals surface area contributed by atoms with Gasteiger partial charge in [0.2, 0.25) is 5.91 Å². The molecule has 2 rings (SSSR count). The number of carbonyl (C=O) groups is 1. The van der Waals surface area contributed by atoms with Crippen LogP contribution in [0.4, 0.5) is 5.69 Å². The molecule has 0 aliphatic rings. The first-order chi connectivity index (χ1) is 10.2. The molecule has 0 saturated carbocycles. The van der Waals surface area contributed by atoms with Crippen molar-refractivity contribution in [2.45, 2.75) is 17.9 Å². The summed E-state index contributed by atoms with van der Waals surface area (Å²) in [6.07, 6.45) is 0. The van der Waals surface area contributed by atoms with E-state index in [1.165, 1.54) is 5.56 Å². The number of nitrogens with one attached hydrogen (secondary N) is 1. The van der Waals surface area contributed by atoms with Gasteiger partial charge in [0.1, 0.15) is 0 Å². The maximum Gasteiger partial charge on any atom is 0.237 e. The second-order valence-corrected chi connectivity index (χ2v) is 5.95. The lowest BCUT2D eigenvalue weighted by molar-refractivity contribution is -0.115. The third-order valence-electron chi connectivity index (χ3n) is 2.99. The van der Waals surface area contributed by atoms with Crippen LogP contribution in [0.2, 0.25) is 0 Å². The van der Waals surface area contributed by atoms with Crippen LogP contribution in [0.5, 0.6) is 0 Å². The van der Waals surface area contributed by atoms with Crippen molar-refractivity contribution in [3.8, 4) is 6.07 Å². The molecule has 1 atom stereocenters. The first-order valence-electron chi connectivity index (χ1n) is 6.65. The lowest BCUT2D eigenvalue weighted by Gasteiger charge is -2.12. The molecule has 0 aliphatic carbocycles. The second kappa shape index (κ2) is 7.51. The molecule has 2 aromatic carbocycles. The van der Waals surface area contributed by atoms with Gasteiger partial charge in [-0.25, -0.2) is 0 Å². The number of hydrogen-bond donors (Lipinski definition) is 1. The van der Waals surface area contributed by atoms with Crippen LogP contribution in [0.3, 0.4) is 0 Å². The minimum atomic E-state index is -0.138. The predicted octanol–water partition coefficient (Wildman–Crippen LogP) is 3.82. The normalized spacial score (nSPS) is 11.4. The van der Waals surface area contributed by atoms with Gasteiger partial charge in [0.25, 0.3) is 0 Å². The van der Waals surface area contributed by atoms with Crippen molar-refractivity contribution >= 4 is 23.4 Å². The molecule has 3 nitrogen and oxygen atoms in total. The second-order valence-electron chi connectivity index (χ2n) is 4.62. The van der Waals surface area contributed by atoms with Crippen molar-refractivity contribution in [2.75, 3.05) is 5.32 Å². The van der Waals surface area contributed by atoms with Crippen molar-refractivity contribution in [3.05, 3.63) is 65.7 Å². The van der Waals surface area contributed by atoms with E-state index in [0.717, 1.165) is 5.75 Å². The molecule has 0 radical (unpaired) electrons. The lowest BCUT2D eigenvalue weighted by Crippen LogP contribution is -2.22. The largest absolute Gasteiger partial charge is 0.325 e. The molecule has 0 spiro atoms. The zero-order valence-electron chi connectivity index (χ0n) is 11.7. The zero-order chi connectivity index (χ0) is 15.1. The van der Waals surface area contributed by atoms with E-state index in [1.54, 1.807) is 36.0 Å². The van der Waals surface area contributed by atoms with Crippen LogP contribution in [0.15, 0.2) is 54.6 Å². The molecular formula is C17H16N2OS. The summed E-state index contributed by atoms with van der Waals surface area (Å²) in [6.45, 7) is 1.90. The van der Waals surface area contributed by atoms with Crippen LogP contribution < -0.4 is 5.32 Å². The quantitative estimate of drug-likeness (QED) is 0.912. The van der Waals surface area contributed by atoms with Crippen LogP contribution in [0.1, 0.15) is 18.1 Å². The molecular weight excluding hydrogens is 280 g/mol. The van der Waals surface area contributed by atoms with Crippen LogP contribution in [0, 0.1) is 11.3 Å². The van der Waals surface area contributed by atoms with Gasteiger partial charge >= 0.3 is 0 Å². The number of nitrogens with zero attached hydrogens (tertiary/aromatic N) is 1. The Bertz CT molecular complexity index is 632. The fourth-order valence-electron chi connectivity index (χ4n) is 1.74. The van der Waals surface area contributed by atoms with Crippen molar-refractivity contribution in [2.24, 2.45) is 0 Å². The summed E-state index contributed by atoms with van der Waals surface area (Å²) in [5.41, 5.74) is 2.51. The highest BCUT2D eigenvalue weighted by Crippen LogP contribution is 2.19. The molecule has 0 fully saturated rings. The van der Waals surface area contributed by atoms with Crippen LogP contribution in [-0.2, 0) is 10.5 Å². The van der Waals surface area contributed by atoms with Crippen molar-refractivity contribution in [3.63, 3.8) is 0 Å². The number of hydrogen-bond acceptors (Lipinski definition) is 3. The predicted molar refractivity (Wildman–Crippen MR) is 87.0 cm³/mol. The van der Waals surface area contributed by atoms with E-state index < -0.39 is 0 Å². The van der Waals surface area contributed by atoms with Gasteiger partial charge in [-0.3, -0.25) is 4.79 Å². The van der Waals surface area contributed by atoms with Crippen LogP contribution >= 0.6 is 11.8 Å². The van der Waals surface area contributed by atoms with Gasteiger partial charge in [-0.2, -0.15) is 5.26 Å². The average molecular weight is 296 g/mol. The summed E-state index contributed by atoms with van der Waals surface area (Å²) in [6, 6.07) is 19.0. The van der Waals surface area contributed by atoms with E-state index in [0.29, 0.717) is 11.3 Å². The molecule has 0 saturated heterocycles. The van der Waals surface area contributed by atoms with Crippen molar-refractivity contribution in [1.82, 2.24) is 0 Å². The zero-order valence-corrected chi connectivity index (χ0v) is 12.6. The van der Waals surface area contributed by atoms with Crippen molar-refractivity contribution < 1.29 is 4.79 Å². The highest BCUT2D eigenvalue weighted by molar-refractivity contribution is 7.99. The number of benzene rings is 2. The maximum absolute atomic E-state index is 12.1. The summed E-state index contributed by atoms with van der Waals surface area (Å²) in [5.74, 6) is 0.781. The Morgan fingerprint density at radius 3 is 2.48 bits per heavy atom. The maximum atomic E-state index is 12.1. The van der Waals surface area contributed by atoms with Gasteiger partial charge in [0.15, 0.2) is 0 Å². The minimum absolute atomic E-state index is 0.0272. The number of anilines is 1. The smallest absolute Gasteiger partial charge is 0.237 e. The number of amides is 1. The summed E-state index contributed by atoms with van der Waals surface area (Å²) < 4.78 is 0. The lowest BCUT2D eigenvalue weighted by atomic mass is 10.2. The Morgan fingerprint density at radius 2 is 1.86 bits per heavy atom. The fourth-order valence-corrected chi connectivity index (χ4v) is 2.59. The average Bonchev–Trinajstić information content (AvgIpc) is 2.54. The first kappa shape index (κ1) is 15.1. The van der Waals surface area contributed by atoms with Crippen LogP contribution in [0.25, 0.3) is 0 Å². The topological polar surface area (TPSA) is 52.9 Å². The van der Waals surface area contributed by atoms with E-state index in [-0.39, 0.29) is 11.2 Å². The van der Waals surface area contributed by atoms with Gasteiger partial charge in [-0.15, -0.1) is 11.8 Å². The Balaban J connectivity index is 1.86. The van der Waals surface area contributed by atoms with Gasteiger partial charge in [0, 0.05) is 11.4 Å². The highest BCUT2D eigenvalue weighted by atomic mass is 32.2. The van der Waals surface area contributed by atoms with E-state index >= 15 is 0 Å². The molecule has 0 bridgehead atoms. The number of thioether (sulfide) groups is 1. The third kappa shape index (κ3) is 4.66. The van der Waals surface area contributed by atoms with E-state index in [2.05, 4.69) is 23.5 Å². The molecule has 0 aliphatic heterocycles. The summed E-state index contributed by atoms with van der Waals surface area (Å²) in [4.78, 5) is 12.1. The molecule has 2 aromatic rings. The summed E-state index contributed by atoms with van der Waals surface area (Å²) in [5, 5.41) is 11.5. The molecule has 0 heterocycles. The number of nitriles is 1. The molecule has 0 unspecified atom stereocenters. The Hall–Kier alpha value is -2.25. The van der Waals surface area contributed by atoms with Gasteiger partial charge in [-0.1, -0.05) is 30.3 Å². The van der Waals surface area contributed by atoms with Gasteiger partial charge in [-0.05, 0) is 36.8 Å². The first-order valence-corrected chi connectivity index (χ1v) is 7.70. The number of carbonyl (C=O) groups excluding carboxylic acids is 1. The molecule has 21 heavy (non-hydrogen) atoms. The standard InChI is InChI=1S/C17H16N2OS/c1-13(21-12-15-5-3-2-4-6-15)17(20)19-16-9-7-14(11-18)8-10-16/h2-10,13H,12H2,1H3,(H,19,20)/t13-/m1/s1. The van der Waals surface area contributed by atoms with E-state index in [9.17, 15) is 4.79 Å². The Kier molecular flexibility index (Phi) is 5.42. The molecule has 0 aromatic heterocycles. The summed E-state index contributed by atoms with van der Waals surface area (Å²) in [7, 11) is 0. The molecule has 1 N–H and O–H groups in total. The molecule has 1 amide bonds. The third-order valence-corrected chi connectivity index (χ3v) is 4.21. The SMILES string of the molecule is C[C@@H](SCc1ccccc1)C(=O)Nc1ccc(C#N)cc1. The highest BCUT2D eigenvalue weighted by Gasteiger charge is 2.13. The fraction of sp³-hybridized carbons (Fsp3) is 0.176. The Morgan fingerprint density at radius 1 is 1.19 bits per heavy atom. The minimum Gasteiger partial charge on any atom is -0.325 e. The van der Waals surface area contributed by atoms with Crippen LogP contribution in [-0.4, -0.2) is 11.2 Å². The Labute approximate surface area is 129 Å². The van der Waals surface area contributed by atoms with E-state index in [4.69, 9.17) is 5.26 Å². The van der Waals surface area contributed by atoms with Gasteiger partial charge < -0.3 is 5.32 Å². The van der Waals surface area contributed by atoms with Gasteiger partial charge in [0.05, 0.1) is 16.9 Å². The van der Waals surface area contributed by atoms with E-state index in [1.807, 2.05) is 25.1 Å². The summed E-state index contributed by atoms with van der Waals surface area (Å²) >= 11 is 1.60. The number of rotatable bonds is 5.